The number of benzene rings is 2. The van der Waals surface area contributed by atoms with E-state index in [1.54, 1.807) is 7.11 Å². The Balaban J connectivity index is 2.20. The van der Waals surface area contributed by atoms with Gasteiger partial charge in [-0.1, -0.05) is 23.7 Å². The number of anilines is 2. The van der Waals surface area contributed by atoms with Gasteiger partial charge in [0.2, 0.25) is 0 Å². The number of ether oxygens (including phenoxy) is 1. The molecule has 0 fully saturated rings. The van der Waals surface area contributed by atoms with Crippen LogP contribution in [0.1, 0.15) is 0 Å². The molecule has 0 aliphatic heterocycles. The minimum atomic E-state index is 0.716. The van der Waals surface area contributed by atoms with Crippen LogP contribution in [0, 0.1) is 0 Å². The molecule has 3 heteroatoms. The van der Waals surface area contributed by atoms with Crippen LogP contribution >= 0.6 is 11.6 Å². The van der Waals surface area contributed by atoms with Crippen LogP contribution in [0.4, 0.5) is 11.4 Å². The van der Waals surface area contributed by atoms with E-state index in [1.807, 2.05) is 48.5 Å². The Bertz CT molecular complexity index is 485. The molecule has 1 N–H and O–H groups in total. The summed E-state index contributed by atoms with van der Waals surface area (Å²) in [6.45, 7) is 0. The molecular weight excluding hydrogens is 222 g/mol. The van der Waals surface area contributed by atoms with E-state index in [9.17, 15) is 0 Å². The predicted molar refractivity (Wildman–Crippen MR) is 67.7 cm³/mol. The molecule has 16 heavy (non-hydrogen) atoms. The minimum Gasteiger partial charge on any atom is -0.497 e. The normalized spacial score (nSPS) is 9.88. The van der Waals surface area contributed by atoms with E-state index in [0.29, 0.717) is 5.02 Å². The van der Waals surface area contributed by atoms with Crippen molar-refractivity contribution < 1.29 is 4.74 Å². The summed E-state index contributed by atoms with van der Waals surface area (Å²) in [5.74, 6) is 0.826. The molecule has 2 aromatic carbocycles. The van der Waals surface area contributed by atoms with Gasteiger partial charge in [0.1, 0.15) is 5.75 Å². The summed E-state index contributed by atoms with van der Waals surface area (Å²) in [6, 6.07) is 15.3. The summed E-state index contributed by atoms with van der Waals surface area (Å²) >= 11 is 5.90. The van der Waals surface area contributed by atoms with Crippen LogP contribution < -0.4 is 10.1 Å². The number of halogens is 1. The maximum atomic E-state index is 5.90. The van der Waals surface area contributed by atoms with Crippen LogP contribution in [0.3, 0.4) is 0 Å². The van der Waals surface area contributed by atoms with Crippen molar-refractivity contribution in [1.82, 2.24) is 0 Å². The van der Waals surface area contributed by atoms with Crippen molar-refractivity contribution in [2.75, 3.05) is 12.4 Å². The van der Waals surface area contributed by atoms with Crippen molar-refractivity contribution in [3.8, 4) is 5.75 Å². The Morgan fingerprint density at radius 3 is 2.38 bits per heavy atom. The predicted octanol–water partition coefficient (Wildman–Crippen LogP) is 4.09. The third-order valence-electron chi connectivity index (χ3n) is 2.18. The molecule has 0 saturated heterocycles. The van der Waals surface area contributed by atoms with Crippen molar-refractivity contribution in [2.24, 2.45) is 0 Å². The average molecular weight is 234 g/mol. The molecule has 0 radical (unpaired) electrons. The first kappa shape index (κ1) is 10.8. The van der Waals surface area contributed by atoms with Crippen LogP contribution in [0.2, 0.25) is 5.02 Å². The molecule has 82 valence electrons. The van der Waals surface area contributed by atoms with Gasteiger partial charge in [-0.2, -0.15) is 0 Å². The van der Waals surface area contributed by atoms with Gasteiger partial charge in [0.15, 0.2) is 0 Å². The maximum absolute atomic E-state index is 5.90. The monoisotopic (exact) mass is 233 g/mol. The molecule has 0 heterocycles. The zero-order valence-corrected chi connectivity index (χ0v) is 9.66. The zero-order chi connectivity index (χ0) is 11.4. The van der Waals surface area contributed by atoms with Crippen LogP contribution in [0.15, 0.2) is 48.5 Å². The van der Waals surface area contributed by atoms with Gasteiger partial charge in [-0.25, -0.2) is 0 Å². The maximum Gasteiger partial charge on any atom is 0.120 e. The van der Waals surface area contributed by atoms with E-state index in [-0.39, 0.29) is 0 Å². The van der Waals surface area contributed by atoms with Crippen molar-refractivity contribution in [2.45, 2.75) is 0 Å². The average Bonchev–Trinajstić information content (AvgIpc) is 2.29. The number of hydrogen-bond donors (Lipinski definition) is 1. The third-order valence-corrected chi connectivity index (χ3v) is 2.42. The Morgan fingerprint density at radius 1 is 1.00 bits per heavy atom. The highest BCUT2D eigenvalue weighted by molar-refractivity contribution is 6.30. The molecule has 0 bridgehead atoms. The van der Waals surface area contributed by atoms with Gasteiger partial charge < -0.3 is 10.1 Å². The zero-order valence-electron chi connectivity index (χ0n) is 8.91. The summed E-state index contributed by atoms with van der Waals surface area (Å²) in [7, 11) is 1.65. The Labute approximate surface area is 99.8 Å². The fraction of sp³-hybridized carbons (Fsp3) is 0.0769. The first-order valence-electron chi connectivity index (χ1n) is 4.94. The summed E-state index contributed by atoms with van der Waals surface area (Å²) in [6.07, 6.45) is 0. The summed E-state index contributed by atoms with van der Waals surface area (Å²) in [4.78, 5) is 0. The first-order valence-corrected chi connectivity index (χ1v) is 5.32. The SMILES string of the molecule is COc1cccc(Nc2cccc(Cl)c2)c1. The number of methoxy groups -OCH3 is 1. The molecule has 0 amide bonds. The third kappa shape index (κ3) is 2.67. The largest absolute Gasteiger partial charge is 0.497 e. The molecule has 0 unspecified atom stereocenters. The van der Waals surface area contributed by atoms with E-state index in [1.165, 1.54) is 0 Å². The standard InChI is InChI=1S/C13H12ClNO/c1-16-13-7-3-6-12(9-13)15-11-5-2-4-10(14)8-11/h2-9,15H,1H3. The lowest BCUT2D eigenvalue weighted by Crippen LogP contribution is -1.90. The second-order valence-electron chi connectivity index (χ2n) is 3.37. The highest BCUT2D eigenvalue weighted by atomic mass is 35.5. The molecule has 0 aliphatic rings. The second-order valence-corrected chi connectivity index (χ2v) is 3.80. The lowest BCUT2D eigenvalue weighted by molar-refractivity contribution is 0.415. The summed E-state index contributed by atoms with van der Waals surface area (Å²) in [5, 5.41) is 3.97. The van der Waals surface area contributed by atoms with Gasteiger partial charge >= 0.3 is 0 Å². The van der Waals surface area contributed by atoms with Crippen LogP contribution in [0.5, 0.6) is 5.75 Å². The highest BCUT2D eigenvalue weighted by Crippen LogP contribution is 2.22. The van der Waals surface area contributed by atoms with Gasteiger partial charge in [-0.05, 0) is 30.3 Å². The van der Waals surface area contributed by atoms with E-state index >= 15 is 0 Å². The highest BCUT2D eigenvalue weighted by Gasteiger charge is 1.97. The van der Waals surface area contributed by atoms with E-state index in [0.717, 1.165) is 17.1 Å². The number of hydrogen-bond acceptors (Lipinski definition) is 2. The van der Waals surface area contributed by atoms with Crippen molar-refractivity contribution in [3.63, 3.8) is 0 Å². The minimum absolute atomic E-state index is 0.716. The molecule has 2 rings (SSSR count). The molecule has 0 saturated carbocycles. The van der Waals surface area contributed by atoms with Gasteiger partial charge in [0.25, 0.3) is 0 Å². The van der Waals surface area contributed by atoms with Crippen LogP contribution in [0.25, 0.3) is 0 Å². The van der Waals surface area contributed by atoms with Crippen molar-refractivity contribution >= 4 is 23.0 Å². The molecule has 0 aromatic heterocycles. The number of nitrogens with one attached hydrogen (secondary N) is 1. The first-order chi connectivity index (χ1) is 7.78. The van der Waals surface area contributed by atoms with E-state index in [4.69, 9.17) is 16.3 Å². The van der Waals surface area contributed by atoms with Gasteiger partial charge in [0, 0.05) is 22.5 Å². The molecular formula is C13H12ClNO. The fourth-order valence-electron chi connectivity index (χ4n) is 1.43. The van der Waals surface area contributed by atoms with E-state index < -0.39 is 0 Å². The lowest BCUT2D eigenvalue weighted by atomic mass is 10.2. The number of rotatable bonds is 3. The molecule has 0 aliphatic carbocycles. The molecule has 2 aromatic rings. The van der Waals surface area contributed by atoms with Gasteiger partial charge in [-0.15, -0.1) is 0 Å². The van der Waals surface area contributed by atoms with Gasteiger partial charge in [-0.3, -0.25) is 0 Å². The Hall–Kier alpha value is -1.67. The molecule has 0 spiro atoms. The Kier molecular flexibility index (Phi) is 3.32. The van der Waals surface area contributed by atoms with Crippen LogP contribution in [-0.4, -0.2) is 7.11 Å². The quantitative estimate of drug-likeness (QED) is 0.862. The Morgan fingerprint density at radius 2 is 1.69 bits per heavy atom. The van der Waals surface area contributed by atoms with Crippen molar-refractivity contribution in [1.29, 1.82) is 0 Å². The fourth-order valence-corrected chi connectivity index (χ4v) is 1.62. The van der Waals surface area contributed by atoms with Gasteiger partial charge in [0.05, 0.1) is 7.11 Å². The molecule has 2 nitrogen and oxygen atoms in total. The van der Waals surface area contributed by atoms with E-state index in [2.05, 4.69) is 5.32 Å². The summed E-state index contributed by atoms with van der Waals surface area (Å²) < 4.78 is 5.15. The lowest BCUT2D eigenvalue weighted by Gasteiger charge is -2.08. The second kappa shape index (κ2) is 4.90. The topological polar surface area (TPSA) is 21.3 Å². The summed E-state index contributed by atoms with van der Waals surface area (Å²) in [5.41, 5.74) is 1.93. The smallest absolute Gasteiger partial charge is 0.120 e. The van der Waals surface area contributed by atoms with Crippen molar-refractivity contribution in [3.05, 3.63) is 53.6 Å². The molecule has 0 atom stereocenters. The van der Waals surface area contributed by atoms with Crippen LogP contribution in [-0.2, 0) is 0 Å².